The zero-order valence-corrected chi connectivity index (χ0v) is 32.1. The highest BCUT2D eigenvalue weighted by Crippen LogP contribution is 2.67. The van der Waals surface area contributed by atoms with Crippen LogP contribution < -0.4 is 16.4 Å². The molecule has 0 aromatic carbocycles. The smallest absolute Gasteiger partial charge is 0.407 e. The molecule has 0 heterocycles. The number of unbranched alkanes of at least 4 members (excludes halogenated alkanes) is 1. The molecular weight excluding hydrogens is 598 g/mol. The lowest BCUT2D eigenvalue weighted by Crippen LogP contribution is -2.51. The molecule has 3 fully saturated rings. The van der Waals surface area contributed by atoms with E-state index in [1.54, 1.807) is 5.57 Å². The Hall–Kier alpha value is -2.05. The molecular formula is C41H73N3O4. The summed E-state index contributed by atoms with van der Waals surface area (Å²) in [6, 6.07) is 0. The van der Waals surface area contributed by atoms with Crippen LogP contribution >= 0.6 is 0 Å². The third-order valence-corrected chi connectivity index (χ3v) is 13.3. The molecule has 7 heteroatoms. The molecule has 4 N–H and O–H groups in total. The highest BCUT2D eigenvalue weighted by Gasteiger charge is 2.59. The number of hydrogen-bond donors (Lipinski definition) is 3. The first-order valence-electron chi connectivity index (χ1n) is 20.0. The van der Waals surface area contributed by atoms with Crippen LogP contribution in [-0.2, 0) is 14.3 Å². The highest BCUT2D eigenvalue weighted by atomic mass is 16.6. The molecule has 0 bridgehead atoms. The zero-order valence-electron chi connectivity index (χ0n) is 32.1. The second-order valence-corrected chi connectivity index (χ2v) is 16.7. The standard InChI is InChI=1S/C39H67N3O4.C2H6/c1-26(2)11-9-13-27(3)32-17-18-33-31-16-15-29-25-30(19-21-38(29,5)34(31)20-22-39(32,33)6)46-37(45)42-24-10-14-35(43)41-23-8-7-12-28(4)36(40)44;1-2/h15,26-28,30-34H,7-14,16-25H2,1-6H3,(H2,40,44)(H,41,43)(H,42,45);1-2H3/t27-,28-,30?,31+,32?,33?,34?,38?,39?;/m1./s1. The number of primary amides is 1. The van der Waals surface area contributed by atoms with Gasteiger partial charge in [0, 0.05) is 31.8 Å². The van der Waals surface area contributed by atoms with E-state index in [0.717, 1.165) is 74.0 Å². The number of rotatable bonds is 16. The number of alkyl carbamates (subject to hydrolysis) is 1. The fourth-order valence-corrected chi connectivity index (χ4v) is 10.4. The Bertz CT molecular complexity index is 1070. The molecule has 4 rings (SSSR count). The van der Waals surface area contributed by atoms with Gasteiger partial charge < -0.3 is 21.1 Å². The quantitative estimate of drug-likeness (QED) is 0.112. The second-order valence-electron chi connectivity index (χ2n) is 16.7. The summed E-state index contributed by atoms with van der Waals surface area (Å²) in [7, 11) is 0. The third-order valence-electron chi connectivity index (χ3n) is 13.3. The molecule has 0 aliphatic heterocycles. The number of ether oxygens (including phenoxy) is 1. The maximum atomic E-state index is 12.6. The van der Waals surface area contributed by atoms with Crippen molar-refractivity contribution in [1.29, 1.82) is 0 Å². The van der Waals surface area contributed by atoms with E-state index >= 15 is 0 Å². The number of hydrogen-bond acceptors (Lipinski definition) is 4. The Balaban J connectivity index is 0.00000307. The molecule has 4 aliphatic carbocycles. The van der Waals surface area contributed by atoms with Crippen molar-refractivity contribution in [2.45, 2.75) is 164 Å². The summed E-state index contributed by atoms with van der Waals surface area (Å²) in [5, 5.41) is 5.78. The van der Waals surface area contributed by atoms with Gasteiger partial charge >= 0.3 is 6.09 Å². The summed E-state index contributed by atoms with van der Waals surface area (Å²) in [6.45, 7) is 19.3. The molecule has 3 saturated carbocycles. The summed E-state index contributed by atoms with van der Waals surface area (Å²) >= 11 is 0. The van der Waals surface area contributed by atoms with Crippen LogP contribution in [0, 0.1) is 52.3 Å². The van der Waals surface area contributed by atoms with E-state index in [0.29, 0.717) is 31.3 Å². The van der Waals surface area contributed by atoms with Crippen LogP contribution in [0.5, 0.6) is 0 Å². The predicted octanol–water partition coefficient (Wildman–Crippen LogP) is 9.34. The molecule has 0 aromatic heterocycles. The fraction of sp³-hybridized carbons (Fsp3) is 0.878. The van der Waals surface area contributed by atoms with Crippen LogP contribution in [0.2, 0.25) is 0 Å². The lowest BCUT2D eigenvalue weighted by molar-refractivity contribution is -0.122. The van der Waals surface area contributed by atoms with Crippen molar-refractivity contribution in [3.63, 3.8) is 0 Å². The largest absolute Gasteiger partial charge is 0.446 e. The summed E-state index contributed by atoms with van der Waals surface area (Å²) in [6.07, 6.45) is 19.4. The summed E-state index contributed by atoms with van der Waals surface area (Å²) < 4.78 is 5.90. The van der Waals surface area contributed by atoms with Crippen LogP contribution in [0.3, 0.4) is 0 Å². The van der Waals surface area contributed by atoms with E-state index in [1.165, 1.54) is 51.4 Å². The monoisotopic (exact) mass is 672 g/mol. The predicted molar refractivity (Wildman–Crippen MR) is 197 cm³/mol. The Morgan fingerprint density at radius 3 is 2.31 bits per heavy atom. The number of amides is 3. The van der Waals surface area contributed by atoms with E-state index in [4.69, 9.17) is 10.5 Å². The second kappa shape index (κ2) is 18.8. The first-order valence-corrected chi connectivity index (χ1v) is 20.0. The number of fused-ring (bicyclic) bond motifs is 5. The molecule has 276 valence electrons. The first-order chi connectivity index (χ1) is 22.8. The maximum Gasteiger partial charge on any atom is 0.407 e. The van der Waals surface area contributed by atoms with Crippen LogP contribution in [0.25, 0.3) is 0 Å². The molecule has 48 heavy (non-hydrogen) atoms. The van der Waals surface area contributed by atoms with Crippen molar-refractivity contribution in [3.8, 4) is 0 Å². The summed E-state index contributed by atoms with van der Waals surface area (Å²) in [5.74, 6) is 4.55. The third kappa shape index (κ3) is 10.2. The van der Waals surface area contributed by atoms with Crippen molar-refractivity contribution in [2.24, 2.45) is 58.0 Å². The molecule has 9 atom stereocenters. The van der Waals surface area contributed by atoms with Crippen molar-refractivity contribution < 1.29 is 19.1 Å². The van der Waals surface area contributed by atoms with Gasteiger partial charge in [0.25, 0.3) is 0 Å². The van der Waals surface area contributed by atoms with Crippen LogP contribution in [-0.4, -0.2) is 37.1 Å². The van der Waals surface area contributed by atoms with Gasteiger partial charge in [-0.3, -0.25) is 9.59 Å². The molecule has 0 spiro atoms. The molecule has 6 unspecified atom stereocenters. The van der Waals surface area contributed by atoms with Gasteiger partial charge in [-0.25, -0.2) is 4.79 Å². The first kappa shape index (κ1) is 40.4. The summed E-state index contributed by atoms with van der Waals surface area (Å²) in [4.78, 5) is 35.9. The normalized spacial score (nSPS) is 31.9. The van der Waals surface area contributed by atoms with Gasteiger partial charge in [0.15, 0.2) is 0 Å². The minimum absolute atomic E-state index is 0.0143. The molecule has 3 amide bonds. The zero-order chi connectivity index (χ0) is 35.5. The van der Waals surface area contributed by atoms with Crippen LogP contribution in [0.4, 0.5) is 4.79 Å². The Kier molecular flexibility index (Phi) is 15.8. The van der Waals surface area contributed by atoms with Crippen LogP contribution in [0.15, 0.2) is 11.6 Å². The maximum absolute atomic E-state index is 12.6. The van der Waals surface area contributed by atoms with Gasteiger partial charge in [-0.15, -0.1) is 0 Å². The molecule has 0 aromatic rings. The number of carbonyl (C=O) groups excluding carboxylic acids is 3. The Labute approximate surface area is 294 Å². The highest BCUT2D eigenvalue weighted by molar-refractivity contribution is 5.76. The summed E-state index contributed by atoms with van der Waals surface area (Å²) in [5.41, 5.74) is 7.58. The van der Waals surface area contributed by atoms with E-state index in [1.807, 2.05) is 20.8 Å². The number of nitrogens with two attached hydrogens (primary N) is 1. The van der Waals surface area contributed by atoms with Gasteiger partial charge in [0.05, 0.1) is 0 Å². The average Bonchev–Trinajstić information content (AvgIpc) is 3.41. The Morgan fingerprint density at radius 1 is 0.875 bits per heavy atom. The topological polar surface area (TPSA) is 111 Å². The van der Waals surface area contributed by atoms with Gasteiger partial charge in [0.2, 0.25) is 11.8 Å². The lowest BCUT2D eigenvalue weighted by Gasteiger charge is -2.58. The van der Waals surface area contributed by atoms with Crippen molar-refractivity contribution in [2.75, 3.05) is 13.1 Å². The van der Waals surface area contributed by atoms with Crippen molar-refractivity contribution >= 4 is 17.9 Å². The average molecular weight is 672 g/mol. The SMILES string of the molecule is CC.CC(C)CCC[C@@H](C)C1CCC2[C@@H]3CC=C4CC(OC(=O)NCCCC(=O)NCCCC[C@@H](C)C(N)=O)CCC4(C)C3CCC21C. The van der Waals surface area contributed by atoms with Gasteiger partial charge in [-0.1, -0.05) is 92.7 Å². The molecule has 0 saturated heterocycles. The molecule has 4 aliphatic rings. The van der Waals surface area contributed by atoms with Gasteiger partial charge in [-0.05, 0) is 111 Å². The number of carbonyl (C=O) groups is 3. The molecule has 0 radical (unpaired) electrons. The van der Waals surface area contributed by atoms with E-state index in [9.17, 15) is 14.4 Å². The van der Waals surface area contributed by atoms with E-state index in [2.05, 4.69) is 51.3 Å². The number of nitrogens with one attached hydrogen (secondary N) is 2. The van der Waals surface area contributed by atoms with Crippen molar-refractivity contribution in [3.05, 3.63) is 11.6 Å². The van der Waals surface area contributed by atoms with E-state index in [-0.39, 0.29) is 35.3 Å². The van der Waals surface area contributed by atoms with Crippen molar-refractivity contribution in [1.82, 2.24) is 10.6 Å². The van der Waals surface area contributed by atoms with Gasteiger partial charge in [-0.2, -0.15) is 0 Å². The van der Waals surface area contributed by atoms with Crippen LogP contribution in [0.1, 0.15) is 158 Å². The molecule has 7 nitrogen and oxygen atoms in total. The number of allylic oxidation sites excluding steroid dienone is 1. The van der Waals surface area contributed by atoms with E-state index < -0.39 is 0 Å². The van der Waals surface area contributed by atoms with Gasteiger partial charge in [0.1, 0.15) is 6.10 Å². The minimum atomic E-state index is -0.361. The Morgan fingerprint density at radius 2 is 1.60 bits per heavy atom. The fourth-order valence-electron chi connectivity index (χ4n) is 10.4. The minimum Gasteiger partial charge on any atom is -0.446 e. The lowest BCUT2D eigenvalue weighted by atomic mass is 9.47.